The summed E-state index contributed by atoms with van der Waals surface area (Å²) in [6.07, 6.45) is 2.77. The third-order valence-corrected chi connectivity index (χ3v) is 2.84. The van der Waals surface area contributed by atoms with Crippen LogP contribution in [-0.4, -0.2) is 22.2 Å². The fourth-order valence-electron chi connectivity index (χ4n) is 2.11. The van der Waals surface area contributed by atoms with Crippen LogP contribution in [0, 0.1) is 6.92 Å². The number of aromatic carboxylic acids is 1. The zero-order valence-electron chi connectivity index (χ0n) is 9.81. The summed E-state index contributed by atoms with van der Waals surface area (Å²) in [5.74, 6) is -0.883. The molecule has 17 heavy (non-hydrogen) atoms. The minimum atomic E-state index is -0.883. The number of carbonyl (C=O) groups is 1. The molecule has 0 aliphatic rings. The molecule has 4 nitrogen and oxygen atoms in total. The van der Waals surface area contributed by atoms with Crippen molar-refractivity contribution < 1.29 is 9.90 Å². The minimum Gasteiger partial charge on any atom is -0.478 e. The summed E-state index contributed by atoms with van der Waals surface area (Å²) in [4.78, 5) is 11.3. The number of nitrogens with zero attached hydrogens (tertiary/aromatic N) is 1. The van der Waals surface area contributed by atoms with E-state index in [4.69, 9.17) is 5.73 Å². The maximum absolute atomic E-state index is 11.3. The number of carboxylic acids is 1. The highest BCUT2D eigenvalue weighted by atomic mass is 16.4. The molecule has 1 aromatic carbocycles. The molecule has 2 rings (SSSR count). The van der Waals surface area contributed by atoms with E-state index in [1.54, 1.807) is 6.07 Å². The zero-order valence-corrected chi connectivity index (χ0v) is 9.81. The summed E-state index contributed by atoms with van der Waals surface area (Å²) < 4.78 is 1.96. The normalized spacial score (nSPS) is 10.9. The van der Waals surface area contributed by atoms with Crippen LogP contribution < -0.4 is 5.73 Å². The SMILES string of the molecule is Cc1cc(C(=O)O)c2c(ccn2CCCN)c1. The van der Waals surface area contributed by atoms with Gasteiger partial charge in [-0.2, -0.15) is 0 Å². The number of fused-ring (bicyclic) bond motifs is 1. The molecule has 0 fully saturated rings. The second kappa shape index (κ2) is 4.59. The summed E-state index contributed by atoms with van der Waals surface area (Å²) in [6, 6.07) is 5.66. The van der Waals surface area contributed by atoms with Crippen molar-refractivity contribution in [1.82, 2.24) is 4.57 Å². The topological polar surface area (TPSA) is 68.2 Å². The van der Waals surface area contributed by atoms with Gasteiger partial charge in [-0.3, -0.25) is 0 Å². The van der Waals surface area contributed by atoms with Crippen LogP contribution in [-0.2, 0) is 6.54 Å². The Morgan fingerprint density at radius 2 is 2.24 bits per heavy atom. The molecule has 2 aromatic rings. The van der Waals surface area contributed by atoms with Gasteiger partial charge in [0.15, 0.2) is 0 Å². The standard InChI is InChI=1S/C13H16N2O2/c1-9-7-10-3-6-15(5-2-4-14)12(10)11(8-9)13(16)17/h3,6-8H,2,4-5,14H2,1H3,(H,16,17). The Hall–Kier alpha value is -1.81. The van der Waals surface area contributed by atoms with Gasteiger partial charge < -0.3 is 15.4 Å². The van der Waals surface area contributed by atoms with Gasteiger partial charge in [0.1, 0.15) is 0 Å². The van der Waals surface area contributed by atoms with Gasteiger partial charge in [0.25, 0.3) is 0 Å². The first-order valence-corrected chi connectivity index (χ1v) is 5.66. The van der Waals surface area contributed by atoms with Crippen LogP contribution in [0.3, 0.4) is 0 Å². The molecular weight excluding hydrogens is 216 g/mol. The highest BCUT2D eigenvalue weighted by Gasteiger charge is 2.13. The maximum Gasteiger partial charge on any atom is 0.337 e. The Morgan fingerprint density at radius 1 is 1.47 bits per heavy atom. The third kappa shape index (κ3) is 2.17. The molecule has 3 N–H and O–H groups in total. The van der Waals surface area contributed by atoms with Crippen molar-refractivity contribution >= 4 is 16.9 Å². The van der Waals surface area contributed by atoms with E-state index >= 15 is 0 Å². The largest absolute Gasteiger partial charge is 0.478 e. The first-order valence-electron chi connectivity index (χ1n) is 5.66. The highest BCUT2D eigenvalue weighted by molar-refractivity contribution is 6.02. The number of benzene rings is 1. The fraction of sp³-hybridized carbons (Fsp3) is 0.308. The van der Waals surface area contributed by atoms with Gasteiger partial charge in [-0.15, -0.1) is 0 Å². The van der Waals surface area contributed by atoms with Crippen molar-refractivity contribution in [3.05, 3.63) is 35.5 Å². The van der Waals surface area contributed by atoms with Crippen molar-refractivity contribution in [2.24, 2.45) is 5.73 Å². The maximum atomic E-state index is 11.3. The van der Waals surface area contributed by atoms with E-state index in [1.165, 1.54) is 0 Å². The molecule has 0 atom stereocenters. The predicted octanol–water partition coefficient (Wildman–Crippen LogP) is 2.00. The number of aromatic nitrogens is 1. The van der Waals surface area contributed by atoms with Crippen LogP contribution >= 0.6 is 0 Å². The van der Waals surface area contributed by atoms with Crippen LogP contribution in [0.25, 0.3) is 10.9 Å². The summed E-state index contributed by atoms with van der Waals surface area (Å²) >= 11 is 0. The summed E-state index contributed by atoms with van der Waals surface area (Å²) in [5, 5.41) is 10.2. The molecule has 0 saturated heterocycles. The van der Waals surface area contributed by atoms with E-state index in [1.807, 2.05) is 29.8 Å². The van der Waals surface area contributed by atoms with Crippen molar-refractivity contribution in [3.63, 3.8) is 0 Å². The molecule has 0 amide bonds. The van der Waals surface area contributed by atoms with Crippen LogP contribution in [0.1, 0.15) is 22.3 Å². The van der Waals surface area contributed by atoms with Crippen molar-refractivity contribution in [2.75, 3.05) is 6.54 Å². The van der Waals surface area contributed by atoms with Gasteiger partial charge in [0.2, 0.25) is 0 Å². The molecule has 0 unspecified atom stereocenters. The van der Waals surface area contributed by atoms with Gasteiger partial charge in [0.05, 0.1) is 11.1 Å². The Balaban J connectivity index is 2.60. The zero-order chi connectivity index (χ0) is 12.4. The molecule has 0 bridgehead atoms. The molecule has 0 radical (unpaired) electrons. The fourth-order valence-corrected chi connectivity index (χ4v) is 2.11. The van der Waals surface area contributed by atoms with Crippen LogP contribution in [0.15, 0.2) is 24.4 Å². The average molecular weight is 232 g/mol. The smallest absolute Gasteiger partial charge is 0.337 e. The Labute approximate surface area is 99.7 Å². The lowest BCUT2D eigenvalue weighted by Gasteiger charge is -2.07. The summed E-state index contributed by atoms with van der Waals surface area (Å²) in [6.45, 7) is 3.26. The van der Waals surface area contributed by atoms with Crippen LogP contribution in [0.2, 0.25) is 0 Å². The Morgan fingerprint density at radius 3 is 2.88 bits per heavy atom. The predicted molar refractivity (Wildman–Crippen MR) is 67.3 cm³/mol. The van der Waals surface area contributed by atoms with Crippen LogP contribution in [0.5, 0.6) is 0 Å². The number of hydrogen-bond donors (Lipinski definition) is 2. The molecule has 1 heterocycles. The van der Waals surface area contributed by atoms with Gasteiger partial charge in [-0.25, -0.2) is 4.79 Å². The van der Waals surface area contributed by atoms with Crippen molar-refractivity contribution in [2.45, 2.75) is 19.9 Å². The molecule has 0 aliphatic carbocycles. The van der Waals surface area contributed by atoms with Gasteiger partial charge >= 0.3 is 5.97 Å². The molecule has 0 spiro atoms. The van der Waals surface area contributed by atoms with E-state index < -0.39 is 5.97 Å². The van der Waals surface area contributed by atoms with E-state index in [2.05, 4.69) is 0 Å². The van der Waals surface area contributed by atoms with Gasteiger partial charge in [0, 0.05) is 18.1 Å². The van der Waals surface area contributed by atoms with Crippen LogP contribution in [0.4, 0.5) is 0 Å². The molecule has 0 saturated carbocycles. The number of rotatable bonds is 4. The molecule has 1 aromatic heterocycles. The second-order valence-electron chi connectivity index (χ2n) is 4.21. The van der Waals surface area contributed by atoms with Crippen molar-refractivity contribution in [3.8, 4) is 0 Å². The monoisotopic (exact) mass is 232 g/mol. The number of hydrogen-bond acceptors (Lipinski definition) is 2. The first kappa shape index (κ1) is 11.7. The van der Waals surface area contributed by atoms with Crippen molar-refractivity contribution in [1.29, 1.82) is 0 Å². The van der Waals surface area contributed by atoms with E-state index in [0.717, 1.165) is 29.4 Å². The van der Waals surface area contributed by atoms with E-state index in [-0.39, 0.29) is 0 Å². The van der Waals surface area contributed by atoms with E-state index in [9.17, 15) is 9.90 Å². The number of nitrogens with two attached hydrogens (primary N) is 1. The minimum absolute atomic E-state index is 0.363. The molecule has 0 aliphatic heterocycles. The van der Waals surface area contributed by atoms with Gasteiger partial charge in [-0.1, -0.05) is 0 Å². The highest BCUT2D eigenvalue weighted by Crippen LogP contribution is 2.22. The number of carboxylic acid groups (broad SMARTS) is 1. The molecule has 90 valence electrons. The average Bonchev–Trinajstić information content (AvgIpc) is 2.68. The summed E-state index contributed by atoms with van der Waals surface area (Å²) in [5.41, 5.74) is 7.60. The molecule has 4 heteroatoms. The lowest BCUT2D eigenvalue weighted by Crippen LogP contribution is -2.07. The van der Waals surface area contributed by atoms with E-state index in [0.29, 0.717) is 12.1 Å². The second-order valence-corrected chi connectivity index (χ2v) is 4.21. The molecular formula is C13H16N2O2. The Bertz CT molecular complexity index is 558. The lowest BCUT2D eigenvalue weighted by atomic mass is 10.1. The first-order chi connectivity index (χ1) is 8.13. The summed E-state index contributed by atoms with van der Waals surface area (Å²) in [7, 11) is 0. The lowest BCUT2D eigenvalue weighted by molar-refractivity contribution is 0.0698. The third-order valence-electron chi connectivity index (χ3n) is 2.84. The van der Waals surface area contributed by atoms with Gasteiger partial charge in [-0.05, 0) is 43.7 Å². The quantitative estimate of drug-likeness (QED) is 0.847. The number of aryl methyl sites for hydroxylation is 2. The Kier molecular flexibility index (Phi) is 3.15.